The number of amides is 1. The highest BCUT2D eigenvalue weighted by molar-refractivity contribution is 5.98. The molecule has 1 aliphatic heterocycles. The van der Waals surface area contributed by atoms with E-state index >= 15 is 0 Å². The number of halogens is 1. The van der Waals surface area contributed by atoms with Crippen LogP contribution in [0.3, 0.4) is 0 Å². The highest BCUT2D eigenvalue weighted by Crippen LogP contribution is 2.27. The van der Waals surface area contributed by atoms with Gasteiger partial charge in [-0.25, -0.2) is 0 Å². The highest BCUT2D eigenvalue weighted by atomic mass is 35.5. The number of nitrogens with two attached hydrogens (primary N) is 1. The Balaban J connectivity index is 0.00000243. The van der Waals surface area contributed by atoms with E-state index in [-0.39, 0.29) is 48.9 Å². The van der Waals surface area contributed by atoms with E-state index in [2.05, 4.69) is 12.1 Å². The van der Waals surface area contributed by atoms with E-state index < -0.39 is 0 Å². The summed E-state index contributed by atoms with van der Waals surface area (Å²) in [4.78, 5) is 26.5. The van der Waals surface area contributed by atoms with Crippen LogP contribution in [0.2, 0.25) is 0 Å². The zero-order valence-corrected chi connectivity index (χ0v) is 15.7. The number of carbonyl (C=O) groups is 2. The summed E-state index contributed by atoms with van der Waals surface area (Å²) in [7, 11) is 0. The van der Waals surface area contributed by atoms with Crippen molar-refractivity contribution in [2.45, 2.75) is 31.7 Å². The average molecular weight is 373 g/mol. The van der Waals surface area contributed by atoms with Crippen molar-refractivity contribution in [2.75, 3.05) is 13.1 Å². The molecule has 2 aromatic carbocycles. The fraction of sp³-hybridized carbons (Fsp3) is 0.333. The molecule has 0 unspecified atom stereocenters. The third-order valence-corrected chi connectivity index (χ3v) is 4.89. The molecular weight excluding hydrogens is 348 g/mol. The van der Waals surface area contributed by atoms with Gasteiger partial charge in [-0.05, 0) is 12.5 Å². The lowest BCUT2D eigenvalue weighted by molar-refractivity contribution is -0.130. The van der Waals surface area contributed by atoms with Crippen molar-refractivity contribution in [3.8, 4) is 0 Å². The molecule has 0 aliphatic carbocycles. The molecule has 2 aromatic rings. The van der Waals surface area contributed by atoms with E-state index in [4.69, 9.17) is 5.73 Å². The number of carbonyl (C=O) groups excluding carboxylic acids is 2. The maximum Gasteiger partial charge on any atom is 0.223 e. The van der Waals surface area contributed by atoms with Crippen molar-refractivity contribution in [1.29, 1.82) is 0 Å². The molecule has 2 N–H and O–H groups in total. The molecule has 1 fully saturated rings. The first kappa shape index (κ1) is 20.1. The smallest absolute Gasteiger partial charge is 0.223 e. The van der Waals surface area contributed by atoms with Crippen LogP contribution in [0.15, 0.2) is 54.6 Å². The van der Waals surface area contributed by atoms with Gasteiger partial charge in [0.15, 0.2) is 5.78 Å². The standard InChI is InChI=1S/C21H24N2O2.ClH/c1-15-7-9-17(10-8-15)20(24)11-12-21(25)23-13-18(19(22)14-23)16-5-3-2-4-6-16;/h2-10,18-19H,11-14,22H2,1H3;1H/t18-,19+;/m0./s1. The Morgan fingerprint density at radius 2 is 1.65 bits per heavy atom. The van der Waals surface area contributed by atoms with Crippen LogP contribution in [0.4, 0.5) is 0 Å². The molecule has 138 valence electrons. The molecular formula is C21H25ClN2O2. The Hall–Kier alpha value is -2.17. The molecule has 0 radical (unpaired) electrons. The minimum Gasteiger partial charge on any atom is -0.340 e. The molecule has 4 nitrogen and oxygen atoms in total. The van der Waals surface area contributed by atoms with Crippen LogP contribution in [-0.2, 0) is 4.79 Å². The monoisotopic (exact) mass is 372 g/mol. The van der Waals surface area contributed by atoms with E-state index in [9.17, 15) is 9.59 Å². The molecule has 0 spiro atoms. The van der Waals surface area contributed by atoms with Gasteiger partial charge in [0.05, 0.1) is 0 Å². The quantitative estimate of drug-likeness (QED) is 0.819. The number of hydrogen-bond donors (Lipinski definition) is 1. The van der Waals surface area contributed by atoms with Crippen molar-refractivity contribution in [1.82, 2.24) is 4.90 Å². The van der Waals surface area contributed by atoms with Gasteiger partial charge in [0, 0.05) is 43.5 Å². The van der Waals surface area contributed by atoms with Gasteiger partial charge in [-0.2, -0.15) is 0 Å². The first-order valence-corrected chi connectivity index (χ1v) is 8.73. The lowest BCUT2D eigenvalue weighted by Crippen LogP contribution is -2.32. The largest absolute Gasteiger partial charge is 0.340 e. The van der Waals surface area contributed by atoms with E-state index in [0.29, 0.717) is 18.7 Å². The van der Waals surface area contributed by atoms with Crippen LogP contribution in [0.25, 0.3) is 0 Å². The molecule has 3 rings (SSSR count). The molecule has 1 heterocycles. The number of likely N-dealkylation sites (tertiary alicyclic amines) is 1. The van der Waals surface area contributed by atoms with Gasteiger partial charge in [-0.3, -0.25) is 9.59 Å². The first-order valence-electron chi connectivity index (χ1n) is 8.73. The maximum atomic E-state index is 12.5. The van der Waals surface area contributed by atoms with Crippen molar-refractivity contribution >= 4 is 24.1 Å². The van der Waals surface area contributed by atoms with Gasteiger partial charge in [0.1, 0.15) is 0 Å². The number of ketones is 1. The van der Waals surface area contributed by atoms with Gasteiger partial charge in [0.2, 0.25) is 5.91 Å². The summed E-state index contributed by atoms with van der Waals surface area (Å²) in [6, 6.07) is 17.5. The molecule has 0 saturated carbocycles. The third kappa shape index (κ3) is 4.71. The molecule has 1 amide bonds. The fourth-order valence-corrected chi connectivity index (χ4v) is 3.35. The van der Waals surface area contributed by atoms with Crippen LogP contribution < -0.4 is 5.73 Å². The van der Waals surface area contributed by atoms with Gasteiger partial charge in [-0.15, -0.1) is 12.4 Å². The summed E-state index contributed by atoms with van der Waals surface area (Å²) in [5.41, 5.74) is 9.19. The summed E-state index contributed by atoms with van der Waals surface area (Å²) >= 11 is 0. The van der Waals surface area contributed by atoms with E-state index in [1.165, 1.54) is 5.56 Å². The Morgan fingerprint density at radius 3 is 2.31 bits per heavy atom. The summed E-state index contributed by atoms with van der Waals surface area (Å²) in [6.45, 7) is 3.16. The normalized spacial score (nSPS) is 19.1. The Labute approximate surface area is 160 Å². The second-order valence-electron chi connectivity index (χ2n) is 6.77. The van der Waals surface area contributed by atoms with Crippen molar-refractivity contribution in [3.63, 3.8) is 0 Å². The number of rotatable bonds is 5. The van der Waals surface area contributed by atoms with E-state index in [1.807, 2.05) is 49.4 Å². The van der Waals surface area contributed by atoms with Gasteiger partial charge in [0.25, 0.3) is 0 Å². The molecule has 0 aromatic heterocycles. The number of nitrogens with zero attached hydrogens (tertiary/aromatic N) is 1. The van der Waals surface area contributed by atoms with Gasteiger partial charge in [-0.1, -0.05) is 60.2 Å². The molecule has 2 atom stereocenters. The van der Waals surface area contributed by atoms with Crippen molar-refractivity contribution in [2.24, 2.45) is 5.73 Å². The summed E-state index contributed by atoms with van der Waals surface area (Å²) in [6.07, 6.45) is 0.477. The minimum absolute atomic E-state index is 0. The van der Waals surface area contributed by atoms with Crippen LogP contribution in [-0.4, -0.2) is 35.7 Å². The average Bonchev–Trinajstić information content (AvgIpc) is 3.02. The number of benzene rings is 2. The molecule has 1 saturated heterocycles. The van der Waals surface area contributed by atoms with Crippen LogP contribution in [0, 0.1) is 6.92 Å². The zero-order valence-electron chi connectivity index (χ0n) is 14.9. The molecule has 0 bridgehead atoms. The van der Waals surface area contributed by atoms with Crippen LogP contribution >= 0.6 is 12.4 Å². The molecule has 1 aliphatic rings. The number of Topliss-reactive ketones (excluding diaryl/α,β-unsaturated/α-hetero) is 1. The van der Waals surface area contributed by atoms with Crippen molar-refractivity contribution < 1.29 is 9.59 Å². The topological polar surface area (TPSA) is 63.4 Å². The lowest BCUT2D eigenvalue weighted by atomic mass is 9.95. The first-order chi connectivity index (χ1) is 12.0. The molecule has 26 heavy (non-hydrogen) atoms. The Morgan fingerprint density at radius 1 is 1.00 bits per heavy atom. The summed E-state index contributed by atoms with van der Waals surface area (Å²) in [5, 5.41) is 0. The summed E-state index contributed by atoms with van der Waals surface area (Å²) < 4.78 is 0. The maximum absolute atomic E-state index is 12.5. The predicted octanol–water partition coefficient (Wildman–Crippen LogP) is 3.33. The SMILES string of the molecule is Cc1ccc(C(=O)CCC(=O)N2C[C@@H](N)[C@H](c3ccccc3)C2)cc1.Cl. The van der Waals surface area contributed by atoms with Crippen molar-refractivity contribution in [3.05, 3.63) is 71.3 Å². The number of hydrogen-bond acceptors (Lipinski definition) is 3. The second-order valence-corrected chi connectivity index (χ2v) is 6.77. The number of aryl methyl sites for hydroxylation is 1. The van der Waals surface area contributed by atoms with Crippen LogP contribution in [0.5, 0.6) is 0 Å². The van der Waals surface area contributed by atoms with E-state index in [0.717, 1.165) is 5.56 Å². The second kappa shape index (κ2) is 8.97. The van der Waals surface area contributed by atoms with Gasteiger partial charge < -0.3 is 10.6 Å². The lowest BCUT2D eigenvalue weighted by Gasteiger charge is -2.16. The Bertz CT molecular complexity index is 746. The third-order valence-electron chi connectivity index (χ3n) is 4.89. The molecule has 5 heteroatoms. The zero-order chi connectivity index (χ0) is 17.8. The predicted molar refractivity (Wildman–Crippen MR) is 106 cm³/mol. The summed E-state index contributed by atoms with van der Waals surface area (Å²) in [5.74, 6) is 0.184. The minimum atomic E-state index is -0.0563. The Kier molecular flexibility index (Phi) is 6.95. The fourth-order valence-electron chi connectivity index (χ4n) is 3.35. The highest BCUT2D eigenvalue weighted by Gasteiger charge is 2.33. The van der Waals surface area contributed by atoms with E-state index in [1.54, 1.807) is 4.90 Å². The van der Waals surface area contributed by atoms with Gasteiger partial charge >= 0.3 is 0 Å². The van der Waals surface area contributed by atoms with Crippen LogP contribution in [0.1, 0.15) is 40.2 Å².